The van der Waals surface area contributed by atoms with Crippen LogP contribution in [0.4, 0.5) is 10.1 Å². The molecule has 7 rings (SSSR count). The van der Waals surface area contributed by atoms with Crippen LogP contribution in [0.5, 0.6) is 0 Å². The summed E-state index contributed by atoms with van der Waals surface area (Å²) in [4.78, 5) is 62.2. The highest BCUT2D eigenvalue weighted by atomic mass is 32.2. The van der Waals surface area contributed by atoms with Crippen LogP contribution >= 0.6 is 34.4 Å². The highest BCUT2D eigenvalue weighted by Gasteiger charge is 2.57. The van der Waals surface area contributed by atoms with Crippen molar-refractivity contribution in [2.24, 2.45) is 0 Å². The number of nitrogens with one attached hydrogen (secondary N) is 1. The minimum absolute atomic E-state index is 0.108. The summed E-state index contributed by atoms with van der Waals surface area (Å²) in [5.41, 5.74) is 2.71. The van der Waals surface area contributed by atoms with Gasteiger partial charge in [0.05, 0.1) is 9.88 Å². The first-order chi connectivity index (χ1) is 23.4. The summed E-state index contributed by atoms with van der Waals surface area (Å²) in [7, 11) is 0. The zero-order valence-corrected chi connectivity index (χ0v) is 28.0. The van der Waals surface area contributed by atoms with E-state index in [9.17, 15) is 19.2 Å². The predicted molar refractivity (Wildman–Crippen MR) is 189 cm³/mol. The SMILES string of the molecule is CC(=O)N(c1cccs1)C1C(=O)N2C(C(=O)OC(c3ccccc3)c3ccccc3)=C(c3cnc(NC(=O)c4ccccc4)s3)CSC12. The minimum atomic E-state index is -0.781. The van der Waals surface area contributed by atoms with Gasteiger partial charge in [-0.2, -0.15) is 0 Å². The molecule has 3 amide bonds. The highest BCUT2D eigenvalue weighted by molar-refractivity contribution is 8.00. The molecule has 0 bridgehead atoms. The highest BCUT2D eigenvalue weighted by Crippen LogP contribution is 2.48. The number of carbonyl (C=O) groups excluding carboxylic acids is 4. The third kappa shape index (κ3) is 6.05. The molecule has 48 heavy (non-hydrogen) atoms. The summed E-state index contributed by atoms with van der Waals surface area (Å²) in [5.74, 6) is -1.27. The lowest BCUT2D eigenvalue weighted by atomic mass is 9.99. The predicted octanol–water partition coefficient (Wildman–Crippen LogP) is 6.84. The lowest BCUT2D eigenvalue weighted by Gasteiger charge is -2.52. The second-order valence-corrected chi connectivity index (χ2v) is 14.0. The van der Waals surface area contributed by atoms with Crippen molar-refractivity contribution in [3.8, 4) is 0 Å². The number of amides is 3. The molecule has 0 aliphatic carbocycles. The smallest absolute Gasteiger partial charge is 0.356 e. The molecule has 0 spiro atoms. The van der Waals surface area contributed by atoms with E-state index in [4.69, 9.17) is 4.74 Å². The fraction of sp³-hybridized carbons (Fsp3) is 0.139. The van der Waals surface area contributed by atoms with Crippen LogP contribution in [0.1, 0.15) is 39.4 Å². The van der Waals surface area contributed by atoms with Gasteiger partial charge >= 0.3 is 5.97 Å². The largest absolute Gasteiger partial charge is 0.448 e. The first-order valence-electron chi connectivity index (χ1n) is 15.1. The van der Waals surface area contributed by atoms with E-state index in [1.54, 1.807) is 36.5 Å². The van der Waals surface area contributed by atoms with Gasteiger partial charge in [-0.15, -0.1) is 23.1 Å². The molecule has 1 N–H and O–H groups in total. The summed E-state index contributed by atoms with van der Waals surface area (Å²) in [6.07, 6.45) is 0.853. The molecule has 1 saturated heterocycles. The van der Waals surface area contributed by atoms with Gasteiger partial charge < -0.3 is 4.74 Å². The average Bonchev–Trinajstić information content (AvgIpc) is 3.82. The maximum atomic E-state index is 14.4. The van der Waals surface area contributed by atoms with Gasteiger partial charge in [0.15, 0.2) is 11.2 Å². The molecule has 2 aromatic heterocycles. The van der Waals surface area contributed by atoms with E-state index >= 15 is 0 Å². The molecule has 2 unspecified atom stereocenters. The number of thiophene rings is 1. The Morgan fingerprint density at radius 2 is 1.56 bits per heavy atom. The number of benzene rings is 3. The van der Waals surface area contributed by atoms with E-state index < -0.39 is 23.5 Å². The number of thiazole rings is 1. The molecule has 2 aliphatic heterocycles. The molecular weight excluding hydrogens is 665 g/mol. The first-order valence-corrected chi connectivity index (χ1v) is 17.8. The fourth-order valence-corrected chi connectivity index (χ4v) is 8.92. The normalized spacial score (nSPS) is 17.0. The Hall–Kier alpha value is -5.04. The summed E-state index contributed by atoms with van der Waals surface area (Å²) < 4.78 is 6.30. The van der Waals surface area contributed by atoms with E-state index in [2.05, 4.69) is 10.3 Å². The number of hydrogen-bond acceptors (Lipinski definition) is 9. The number of fused-ring (bicyclic) bond motifs is 1. The Morgan fingerprint density at radius 1 is 0.917 bits per heavy atom. The van der Waals surface area contributed by atoms with E-state index in [0.717, 1.165) is 11.1 Å². The Kier molecular flexibility index (Phi) is 8.94. The molecule has 0 saturated carbocycles. The van der Waals surface area contributed by atoms with Gasteiger partial charge in [0.2, 0.25) is 5.91 Å². The van der Waals surface area contributed by atoms with E-state index in [1.165, 1.54) is 51.2 Å². The molecule has 5 aromatic rings. The molecule has 2 aliphatic rings. The summed E-state index contributed by atoms with van der Waals surface area (Å²) >= 11 is 4.05. The number of thioether (sulfide) groups is 1. The second kappa shape index (κ2) is 13.6. The number of ether oxygens (including phenoxy) is 1. The molecule has 3 aromatic carbocycles. The fourth-order valence-electron chi connectivity index (χ4n) is 5.75. The van der Waals surface area contributed by atoms with Gasteiger partial charge in [-0.1, -0.05) is 90.2 Å². The van der Waals surface area contributed by atoms with Crippen molar-refractivity contribution in [1.29, 1.82) is 0 Å². The first kappa shape index (κ1) is 31.6. The van der Waals surface area contributed by atoms with Crippen LogP contribution < -0.4 is 10.2 Å². The third-order valence-electron chi connectivity index (χ3n) is 7.98. The number of carbonyl (C=O) groups is 4. The Bertz CT molecular complexity index is 1960. The van der Waals surface area contributed by atoms with E-state index in [1.807, 2.05) is 78.2 Å². The quantitative estimate of drug-likeness (QED) is 0.133. The van der Waals surface area contributed by atoms with Crippen LogP contribution in [0.25, 0.3) is 5.57 Å². The molecule has 12 heteroatoms. The maximum Gasteiger partial charge on any atom is 0.356 e. The van der Waals surface area contributed by atoms with Gasteiger partial charge in [-0.3, -0.25) is 29.5 Å². The average molecular weight is 693 g/mol. The monoisotopic (exact) mass is 692 g/mol. The zero-order chi connectivity index (χ0) is 33.2. The van der Waals surface area contributed by atoms with Crippen molar-refractivity contribution in [3.63, 3.8) is 0 Å². The molecule has 4 heterocycles. The number of nitrogens with zero attached hydrogens (tertiary/aromatic N) is 3. The summed E-state index contributed by atoms with van der Waals surface area (Å²) in [6.45, 7) is 1.44. The second-order valence-electron chi connectivity index (χ2n) is 11.0. The molecule has 9 nitrogen and oxygen atoms in total. The van der Waals surface area contributed by atoms with Crippen molar-refractivity contribution in [3.05, 3.63) is 142 Å². The number of esters is 1. The van der Waals surface area contributed by atoms with Crippen LogP contribution in [0, 0.1) is 0 Å². The van der Waals surface area contributed by atoms with Gasteiger partial charge in [0.1, 0.15) is 17.1 Å². The van der Waals surface area contributed by atoms with Gasteiger partial charge in [-0.25, -0.2) is 9.78 Å². The van der Waals surface area contributed by atoms with E-state index in [0.29, 0.717) is 31.9 Å². The minimum Gasteiger partial charge on any atom is -0.448 e. The summed E-state index contributed by atoms with van der Waals surface area (Å²) in [5, 5.41) is 5.19. The molecule has 0 radical (unpaired) electrons. The Balaban J connectivity index is 1.26. The van der Waals surface area contributed by atoms with Crippen LogP contribution in [0.2, 0.25) is 0 Å². The lowest BCUT2D eigenvalue weighted by molar-refractivity contribution is -0.153. The lowest BCUT2D eigenvalue weighted by Crippen LogP contribution is -2.71. The van der Waals surface area contributed by atoms with Crippen LogP contribution in [0.15, 0.2) is 120 Å². The van der Waals surface area contributed by atoms with Crippen molar-refractivity contribution < 1.29 is 23.9 Å². The third-order valence-corrected chi connectivity index (χ3v) is 11.1. The van der Waals surface area contributed by atoms with Gasteiger partial charge in [0, 0.05) is 30.0 Å². The summed E-state index contributed by atoms with van der Waals surface area (Å²) in [6, 6.07) is 30.5. The van der Waals surface area contributed by atoms with Crippen LogP contribution in [0.3, 0.4) is 0 Å². The maximum absolute atomic E-state index is 14.4. The molecule has 1 fully saturated rings. The van der Waals surface area contributed by atoms with Crippen LogP contribution in [-0.4, -0.2) is 50.7 Å². The standard InChI is InChI=1S/C36H28N4O5S3/c1-22(41)39(28-18-11-19-46-28)30-33(43)40-29(35(44)45-31(23-12-5-2-6-13-23)24-14-7-3-8-15-24)26(21-47-34(30)40)27-20-37-36(48-27)38-32(42)25-16-9-4-10-17-25/h2-20,30-31,34H,21H2,1H3,(H,37,38,42). The van der Waals surface area contributed by atoms with Crippen molar-refractivity contribution in [2.75, 3.05) is 16.0 Å². The number of β-lactam (4-membered cyclic amide) rings is 1. The van der Waals surface area contributed by atoms with Gasteiger partial charge in [0.25, 0.3) is 11.8 Å². The van der Waals surface area contributed by atoms with Crippen molar-refractivity contribution in [2.45, 2.75) is 24.4 Å². The molecule has 2 atom stereocenters. The number of anilines is 2. The Labute approximate surface area is 288 Å². The van der Waals surface area contributed by atoms with Crippen molar-refractivity contribution >= 4 is 73.8 Å². The number of hydrogen-bond donors (Lipinski definition) is 1. The molecule has 240 valence electrons. The van der Waals surface area contributed by atoms with E-state index in [-0.39, 0.29) is 23.4 Å². The topological polar surface area (TPSA) is 109 Å². The van der Waals surface area contributed by atoms with Gasteiger partial charge in [-0.05, 0) is 40.8 Å². The Morgan fingerprint density at radius 3 is 2.17 bits per heavy atom. The number of aromatic nitrogens is 1. The zero-order valence-electron chi connectivity index (χ0n) is 25.5. The number of rotatable bonds is 9. The molecular formula is C36H28N4O5S3. The van der Waals surface area contributed by atoms with Crippen LogP contribution in [-0.2, 0) is 19.1 Å². The van der Waals surface area contributed by atoms with Crippen molar-refractivity contribution in [1.82, 2.24) is 9.88 Å².